The summed E-state index contributed by atoms with van der Waals surface area (Å²) in [4.78, 5) is 6.53. The normalized spacial score (nSPS) is 19.6. The van der Waals surface area contributed by atoms with Crippen LogP contribution in [0.1, 0.15) is 19.8 Å². The van der Waals surface area contributed by atoms with E-state index in [9.17, 15) is 8.42 Å². The maximum atomic E-state index is 11.2. The lowest BCUT2D eigenvalue weighted by atomic mass is 10.2. The molecule has 1 fully saturated rings. The molecule has 1 saturated heterocycles. The number of rotatable bonds is 5. The van der Waals surface area contributed by atoms with Crippen LogP contribution in [0, 0.1) is 0 Å². The zero-order chi connectivity index (χ0) is 13.9. The lowest BCUT2D eigenvalue weighted by Crippen LogP contribution is -2.38. The molecule has 0 radical (unpaired) electrons. The van der Waals surface area contributed by atoms with Crippen LogP contribution in [0.2, 0.25) is 0 Å². The number of nitrogens with two attached hydrogens (primary N) is 1. The smallest absolute Gasteiger partial charge is 0.239 e. The van der Waals surface area contributed by atoms with Gasteiger partial charge in [0.2, 0.25) is 10.0 Å². The third kappa shape index (κ3) is 3.43. The molecule has 0 bridgehead atoms. The minimum Gasteiger partial charge on any atom is -0.352 e. The highest BCUT2D eigenvalue weighted by atomic mass is 32.2. The van der Waals surface area contributed by atoms with Crippen LogP contribution in [-0.4, -0.2) is 39.1 Å². The Morgan fingerprint density at radius 1 is 1.53 bits per heavy atom. The van der Waals surface area contributed by atoms with Crippen LogP contribution < -0.4 is 15.4 Å². The Morgan fingerprint density at radius 2 is 2.32 bits per heavy atom. The Labute approximate surface area is 114 Å². The van der Waals surface area contributed by atoms with Crippen molar-refractivity contribution in [2.75, 3.05) is 24.5 Å². The van der Waals surface area contributed by atoms with E-state index < -0.39 is 10.0 Å². The molecular formula is C12H20N4O2S. The van der Waals surface area contributed by atoms with Crippen molar-refractivity contribution in [3.63, 3.8) is 0 Å². The molecule has 3 N–H and O–H groups in total. The Bertz CT molecular complexity index is 509. The number of pyridine rings is 1. The maximum Gasteiger partial charge on any atom is 0.239 e. The van der Waals surface area contributed by atoms with E-state index in [2.05, 4.69) is 22.1 Å². The van der Waals surface area contributed by atoms with Gasteiger partial charge in [0, 0.05) is 25.3 Å². The summed E-state index contributed by atoms with van der Waals surface area (Å²) in [5, 5.41) is 8.40. The van der Waals surface area contributed by atoms with Gasteiger partial charge in [0.05, 0.1) is 0 Å². The van der Waals surface area contributed by atoms with Crippen LogP contribution in [0.15, 0.2) is 23.2 Å². The summed E-state index contributed by atoms with van der Waals surface area (Å²) in [6.45, 7) is 4.99. The maximum absolute atomic E-state index is 11.2. The monoisotopic (exact) mass is 284 g/mol. The first-order valence-electron chi connectivity index (χ1n) is 6.48. The first-order chi connectivity index (χ1) is 9.02. The second-order valence-electron chi connectivity index (χ2n) is 4.74. The number of nitrogens with zero attached hydrogens (tertiary/aromatic N) is 2. The summed E-state index contributed by atoms with van der Waals surface area (Å²) in [7, 11) is -3.67. The summed E-state index contributed by atoms with van der Waals surface area (Å²) < 4.78 is 22.4. The van der Waals surface area contributed by atoms with Gasteiger partial charge in [-0.25, -0.2) is 18.5 Å². The fourth-order valence-corrected chi connectivity index (χ4v) is 2.80. The SMILES string of the molecule is CCCN(c1ccc(S(N)(=O)=O)cn1)C1CCNC1. The summed E-state index contributed by atoms with van der Waals surface area (Å²) in [5.41, 5.74) is 0. The summed E-state index contributed by atoms with van der Waals surface area (Å²) >= 11 is 0. The number of primary sulfonamides is 1. The molecule has 2 heterocycles. The van der Waals surface area contributed by atoms with E-state index in [0.29, 0.717) is 6.04 Å². The van der Waals surface area contributed by atoms with Crippen molar-refractivity contribution in [1.29, 1.82) is 0 Å². The molecule has 106 valence electrons. The second-order valence-corrected chi connectivity index (χ2v) is 6.30. The lowest BCUT2D eigenvalue weighted by molar-refractivity contribution is 0.596. The van der Waals surface area contributed by atoms with E-state index >= 15 is 0 Å². The van der Waals surface area contributed by atoms with Crippen LogP contribution in [0.5, 0.6) is 0 Å². The molecule has 1 aliphatic rings. The largest absolute Gasteiger partial charge is 0.352 e. The number of hydrogen-bond donors (Lipinski definition) is 2. The molecule has 1 aromatic rings. The fourth-order valence-electron chi connectivity index (χ4n) is 2.34. The molecule has 19 heavy (non-hydrogen) atoms. The summed E-state index contributed by atoms with van der Waals surface area (Å²) in [6, 6.07) is 3.67. The Balaban J connectivity index is 2.22. The van der Waals surface area contributed by atoms with E-state index in [0.717, 1.165) is 38.3 Å². The van der Waals surface area contributed by atoms with Crippen LogP contribution in [-0.2, 0) is 10.0 Å². The molecule has 0 aliphatic carbocycles. The van der Waals surface area contributed by atoms with Crippen molar-refractivity contribution in [3.8, 4) is 0 Å². The van der Waals surface area contributed by atoms with Crippen LogP contribution in [0.25, 0.3) is 0 Å². The number of sulfonamides is 1. The van der Waals surface area contributed by atoms with Crippen LogP contribution in [0.4, 0.5) is 5.82 Å². The van der Waals surface area contributed by atoms with Gasteiger partial charge >= 0.3 is 0 Å². The van der Waals surface area contributed by atoms with E-state index in [-0.39, 0.29) is 4.90 Å². The van der Waals surface area contributed by atoms with E-state index in [4.69, 9.17) is 5.14 Å². The van der Waals surface area contributed by atoms with Gasteiger partial charge in [-0.1, -0.05) is 6.92 Å². The van der Waals surface area contributed by atoms with Gasteiger partial charge < -0.3 is 10.2 Å². The van der Waals surface area contributed by atoms with Crippen molar-refractivity contribution in [1.82, 2.24) is 10.3 Å². The van der Waals surface area contributed by atoms with Gasteiger partial charge in [0.15, 0.2) is 0 Å². The number of hydrogen-bond acceptors (Lipinski definition) is 5. The fraction of sp³-hybridized carbons (Fsp3) is 0.583. The van der Waals surface area contributed by atoms with Crippen molar-refractivity contribution >= 4 is 15.8 Å². The molecule has 0 spiro atoms. The van der Waals surface area contributed by atoms with Crippen molar-refractivity contribution in [2.24, 2.45) is 5.14 Å². The summed E-state index contributed by atoms with van der Waals surface area (Å²) in [6.07, 6.45) is 3.43. The van der Waals surface area contributed by atoms with Gasteiger partial charge in [-0.3, -0.25) is 0 Å². The zero-order valence-corrected chi connectivity index (χ0v) is 11.9. The van der Waals surface area contributed by atoms with E-state index in [1.54, 1.807) is 6.07 Å². The zero-order valence-electron chi connectivity index (χ0n) is 11.0. The van der Waals surface area contributed by atoms with Gasteiger partial charge in [-0.15, -0.1) is 0 Å². The third-order valence-electron chi connectivity index (χ3n) is 3.28. The minimum absolute atomic E-state index is 0.0530. The number of anilines is 1. The predicted molar refractivity (Wildman–Crippen MR) is 74.5 cm³/mol. The predicted octanol–water partition coefficient (Wildman–Crippen LogP) is 0.307. The Kier molecular flexibility index (Phi) is 4.38. The van der Waals surface area contributed by atoms with Crippen LogP contribution in [0.3, 0.4) is 0 Å². The molecular weight excluding hydrogens is 264 g/mol. The topological polar surface area (TPSA) is 88.3 Å². The van der Waals surface area contributed by atoms with E-state index in [1.807, 2.05) is 0 Å². The molecule has 1 atom stereocenters. The molecule has 0 amide bonds. The Hall–Kier alpha value is -1.18. The molecule has 0 saturated carbocycles. The number of aromatic nitrogens is 1. The average Bonchev–Trinajstić information content (AvgIpc) is 2.89. The molecule has 1 aromatic heterocycles. The standard InChI is InChI=1S/C12H20N4O2S/c1-2-7-16(10-5-6-14-8-10)12-4-3-11(9-15-12)19(13,17)18/h3-4,9-10,14H,2,5-8H2,1H3,(H2,13,17,18). The van der Waals surface area contributed by atoms with Crippen molar-refractivity contribution in [3.05, 3.63) is 18.3 Å². The number of nitrogens with one attached hydrogen (secondary N) is 1. The Morgan fingerprint density at radius 3 is 2.79 bits per heavy atom. The highest BCUT2D eigenvalue weighted by molar-refractivity contribution is 7.89. The highest BCUT2D eigenvalue weighted by Gasteiger charge is 2.23. The molecule has 0 aromatic carbocycles. The van der Waals surface area contributed by atoms with Crippen molar-refractivity contribution in [2.45, 2.75) is 30.7 Å². The molecule has 2 rings (SSSR count). The molecule has 7 heteroatoms. The summed E-state index contributed by atoms with van der Waals surface area (Å²) in [5.74, 6) is 0.808. The third-order valence-corrected chi connectivity index (χ3v) is 4.18. The quantitative estimate of drug-likeness (QED) is 0.812. The molecule has 1 unspecified atom stereocenters. The van der Waals surface area contributed by atoms with Gasteiger partial charge in [0.1, 0.15) is 10.7 Å². The van der Waals surface area contributed by atoms with Gasteiger partial charge in [0.25, 0.3) is 0 Å². The van der Waals surface area contributed by atoms with Gasteiger partial charge in [-0.05, 0) is 31.5 Å². The lowest BCUT2D eigenvalue weighted by Gasteiger charge is -2.29. The highest BCUT2D eigenvalue weighted by Crippen LogP contribution is 2.19. The molecule has 6 nitrogen and oxygen atoms in total. The van der Waals surface area contributed by atoms with Crippen molar-refractivity contribution < 1.29 is 8.42 Å². The average molecular weight is 284 g/mol. The van der Waals surface area contributed by atoms with E-state index in [1.165, 1.54) is 12.3 Å². The second kappa shape index (κ2) is 5.85. The first-order valence-corrected chi connectivity index (χ1v) is 8.03. The molecule has 1 aliphatic heterocycles. The minimum atomic E-state index is -3.67. The van der Waals surface area contributed by atoms with Gasteiger partial charge in [-0.2, -0.15) is 0 Å². The first kappa shape index (κ1) is 14.2. The van der Waals surface area contributed by atoms with Crippen LogP contribution >= 0.6 is 0 Å².